The highest BCUT2D eigenvalue weighted by Crippen LogP contribution is 2.31. The van der Waals surface area contributed by atoms with Crippen LogP contribution in [0.5, 0.6) is 0 Å². The maximum Gasteiger partial charge on any atom is 0.317 e. The number of aromatic amines is 1. The summed E-state index contributed by atoms with van der Waals surface area (Å²) in [6.07, 6.45) is 6.81. The van der Waals surface area contributed by atoms with E-state index >= 15 is 0 Å². The summed E-state index contributed by atoms with van der Waals surface area (Å²) >= 11 is 0. The number of carbonyl (C=O) groups is 1. The Kier molecular flexibility index (Phi) is 4.94. The number of hydrogen-bond donors (Lipinski definition) is 3. The summed E-state index contributed by atoms with van der Waals surface area (Å²) in [5.41, 5.74) is 0. The quantitative estimate of drug-likeness (QED) is 0.710. The third-order valence-electron chi connectivity index (χ3n) is 4.51. The topological polar surface area (TPSA) is 84.5 Å². The highest BCUT2D eigenvalue weighted by Gasteiger charge is 2.33. The van der Waals surface area contributed by atoms with Gasteiger partial charge >= 0.3 is 6.03 Å². The van der Waals surface area contributed by atoms with Gasteiger partial charge in [0.25, 0.3) is 0 Å². The van der Waals surface area contributed by atoms with Gasteiger partial charge in [-0.15, -0.1) is 0 Å². The number of aromatic nitrogens is 2. The van der Waals surface area contributed by atoms with Crippen LogP contribution in [0, 0.1) is 5.92 Å². The van der Waals surface area contributed by atoms with Crippen molar-refractivity contribution < 1.29 is 9.90 Å². The van der Waals surface area contributed by atoms with Crippen LogP contribution in [-0.4, -0.2) is 69.7 Å². The molecular weight excluding hydrogens is 282 g/mol. The van der Waals surface area contributed by atoms with Crippen molar-refractivity contribution in [3.05, 3.63) is 18.2 Å². The van der Waals surface area contributed by atoms with Crippen LogP contribution in [0.15, 0.2) is 12.4 Å². The third-order valence-corrected chi connectivity index (χ3v) is 4.51. The number of carbonyl (C=O) groups excluding carboxylic acids is 1. The maximum atomic E-state index is 12.3. The minimum atomic E-state index is -0.0505. The lowest BCUT2D eigenvalue weighted by molar-refractivity contribution is 0.0702. The van der Waals surface area contributed by atoms with Gasteiger partial charge in [-0.2, -0.15) is 0 Å². The molecule has 1 aromatic heterocycles. The van der Waals surface area contributed by atoms with Gasteiger partial charge in [0.1, 0.15) is 5.82 Å². The monoisotopic (exact) mass is 307 g/mol. The third kappa shape index (κ3) is 3.98. The highest BCUT2D eigenvalue weighted by molar-refractivity contribution is 5.74. The number of urea groups is 1. The molecule has 7 heteroatoms. The second-order valence-corrected chi connectivity index (χ2v) is 6.25. The minimum Gasteiger partial charge on any atom is -0.396 e. The van der Waals surface area contributed by atoms with Crippen molar-refractivity contribution in [2.45, 2.75) is 31.8 Å². The number of amides is 2. The average molecular weight is 307 g/mol. The molecule has 2 fully saturated rings. The standard InChI is InChI=1S/C15H25N5O2/c21-8-3-13-11-20(7-6-19(13)10-12-1-2-12)15(22)18-9-14-16-4-5-17-14/h4-5,12-13,21H,1-3,6-11H2,(H,16,17)(H,18,22). The Balaban J connectivity index is 1.50. The number of aliphatic hydroxyl groups excluding tert-OH is 1. The molecule has 3 N–H and O–H groups in total. The van der Waals surface area contributed by atoms with Crippen molar-refractivity contribution in [1.82, 2.24) is 25.1 Å². The van der Waals surface area contributed by atoms with E-state index in [0.29, 0.717) is 13.1 Å². The summed E-state index contributed by atoms with van der Waals surface area (Å²) in [6, 6.07) is 0.221. The Morgan fingerprint density at radius 1 is 1.45 bits per heavy atom. The molecule has 0 bridgehead atoms. The Labute approximate surface area is 130 Å². The fourth-order valence-corrected chi connectivity index (χ4v) is 3.04. The molecule has 1 atom stereocenters. The van der Waals surface area contributed by atoms with Gasteiger partial charge in [-0.3, -0.25) is 4.90 Å². The molecule has 0 radical (unpaired) electrons. The summed E-state index contributed by atoms with van der Waals surface area (Å²) in [7, 11) is 0. The van der Waals surface area contributed by atoms with E-state index in [-0.39, 0.29) is 18.7 Å². The largest absolute Gasteiger partial charge is 0.396 e. The Morgan fingerprint density at radius 3 is 3.00 bits per heavy atom. The van der Waals surface area contributed by atoms with Gasteiger partial charge in [-0.25, -0.2) is 9.78 Å². The molecule has 1 saturated heterocycles. The molecule has 1 aromatic rings. The van der Waals surface area contributed by atoms with Crippen molar-refractivity contribution in [3.63, 3.8) is 0 Å². The van der Waals surface area contributed by atoms with Crippen LogP contribution in [0.2, 0.25) is 0 Å². The van der Waals surface area contributed by atoms with Gasteiger partial charge in [0.15, 0.2) is 0 Å². The van der Waals surface area contributed by atoms with E-state index in [1.54, 1.807) is 12.4 Å². The van der Waals surface area contributed by atoms with Crippen molar-refractivity contribution in [3.8, 4) is 0 Å². The molecule has 1 saturated carbocycles. The smallest absolute Gasteiger partial charge is 0.317 e. The Bertz CT molecular complexity index is 474. The molecule has 2 heterocycles. The molecule has 0 spiro atoms. The Hall–Kier alpha value is -1.60. The number of hydrogen-bond acceptors (Lipinski definition) is 4. The number of piperazine rings is 1. The van der Waals surface area contributed by atoms with E-state index in [0.717, 1.165) is 37.8 Å². The highest BCUT2D eigenvalue weighted by atomic mass is 16.3. The molecule has 2 aliphatic rings. The first kappa shape index (κ1) is 15.3. The SMILES string of the molecule is O=C(NCc1ncc[nH]1)N1CCN(CC2CC2)C(CCO)C1. The molecule has 0 aromatic carbocycles. The zero-order valence-corrected chi connectivity index (χ0v) is 12.9. The lowest BCUT2D eigenvalue weighted by atomic mass is 10.1. The number of nitrogens with zero attached hydrogens (tertiary/aromatic N) is 3. The van der Waals surface area contributed by atoms with Gasteiger partial charge in [-0.1, -0.05) is 0 Å². The van der Waals surface area contributed by atoms with Crippen molar-refractivity contribution in [2.24, 2.45) is 5.92 Å². The van der Waals surface area contributed by atoms with Gasteiger partial charge in [0, 0.05) is 51.2 Å². The summed E-state index contributed by atoms with van der Waals surface area (Å²) in [5.74, 6) is 1.59. The van der Waals surface area contributed by atoms with Crippen molar-refractivity contribution in [2.75, 3.05) is 32.8 Å². The lowest BCUT2D eigenvalue weighted by Gasteiger charge is -2.41. The van der Waals surface area contributed by atoms with Gasteiger partial charge in [0.2, 0.25) is 0 Å². The predicted octanol–water partition coefficient (Wildman–Crippen LogP) is 0.398. The van der Waals surface area contributed by atoms with E-state index in [9.17, 15) is 9.90 Å². The normalized spacial score (nSPS) is 22.8. The molecule has 22 heavy (non-hydrogen) atoms. The predicted molar refractivity (Wildman–Crippen MR) is 82.2 cm³/mol. The van der Waals surface area contributed by atoms with Crippen LogP contribution in [0.3, 0.4) is 0 Å². The van der Waals surface area contributed by atoms with Crippen LogP contribution in [0.25, 0.3) is 0 Å². The molecule has 7 nitrogen and oxygen atoms in total. The number of nitrogens with one attached hydrogen (secondary N) is 2. The average Bonchev–Trinajstić information content (AvgIpc) is 3.18. The second kappa shape index (κ2) is 7.11. The van der Waals surface area contributed by atoms with Gasteiger partial charge in [0.05, 0.1) is 6.54 Å². The molecule has 1 aliphatic carbocycles. The van der Waals surface area contributed by atoms with E-state index in [1.165, 1.54) is 12.8 Å². The van der Waals surface area contributed by atoms with Crippen LogP contribution in [0.4, 0.5) is 4.79 Å². The van der Waals surface area contributed by atoms with E-state index < -0.39 is 0 Å². The van der Waals surface area contributed by atoms with Crippen molar-refractivity contribution in [1.29, 1.82) is 0 Å². The number of imidazole rings is 1. The lowest BCUT2D eigenvalue weighted by Crippen LogP contribution is -2.57. The molecule has 3 rings (SSSR count). The summed E-state index contributed by atoms with van der Waals surface area (Å²) < 4.78 is 0. The molecular formula is C15H25N5O2. The fourth-order valence-electron chi connectivity index (χ4n) is 3.04. The first-order valence-electron chi connectivity index (χ1n) is 8.12. The summed E-state index contributed by atoms with van der Waals surface area (Å²) in [6.45, 7) is 4.05. The first-order chi connectivity index (χ1) is 10.8. The fraction of sp³-hybridized carbons (Fsp3) is 0.733. The number of rotatable bonds is 6. The summed E-state index contributed by atoms with van der Waals surface area (Å²) in [4.78, 5) is 23.7. The first-order valence-corrected chi connectivity index (χ1v) is 8.12. The van der Waals surface area contributed by atoms with Crippen LogP contribution < -0.4 is 5.32 Å². The zero-order valence-electron chi connectivity index (χ0n) is 12.9. The molecule has 1 aliphatic heterocycles. The van der Waals surface area contributed by atoms with Gasteiger partial charge in [-0.05, 0) is 25.2 Å². The molecule has 122 valence electrons. The van der Waals surface area contributed by atoms with Crippen LogP contribution in [0.1, 0.15) is 25.1 Å². The molecule has 1 unspecified atom stereocenters. The maximum absolute atomic E-state index is 12.3. The van der Waals surface area contributed by atoms with Gasteiger partial charge < -0.3 is 20.3 Å². The minimum absolute atomic E-state index is 0.0505. The van der Waals surface area contributed by atoms with E-state index in [4.69, 9.17) is 0 Å². The van der Waals surface area contributed by atoms with Crippen LogP contribution >= 0.6 is 0 Å². The number of H-pyrrole nitrogens is 1. The Morgan fingerprint density at radius 2 is 2.32 bits per heavy atom. The van der Waals surface area contributed by atoms with Crippen LogP contribution in [-0.2, 0) is 6.54 Å². The number of aliphatic hydroxyl groups is 1. The zero-order chi connectivity index (χ0) is 15.4. The molecule has 2 amide bonds. The van der Waals surface area contributed by atoms with Crippen molar-refractivity contribution >= 4 is 6.03 Å². The summed E-state index contributed by atoms with van der Waals surface area (Å²) in [5, 5.41) is 12.2. The van der Waals surface area contributed by atoms with E-state index in [2.05, 4.69) is 20.2 Å². The second-order valence-electron chi connectivity index (χ2n) is 6.25. The van der Waals surface area contributed by atoms with E-state index in [1.807, 2.05) is 4.90 Å².